The molecule has 6 nitrogen and oxygen atoms in total. The molecule has 1 aromatic carbocycles. The molecule has 0 aliphatic carbocycles. The summed E-state index contributed by atoms with van der Waals surface area (Å²) >= 11 is 0. The summed E-state index contributed by atoms with van der Waals surface area (Å²) in [6.45, 7) is 1.85. The zero-order valence-corrected chi connectivity index (χ0v) is 11.8. The second-order valence-electron chi connectivity index (χ2n) is 4.46. The lowest BCUT2D eigenvalue weighted by atomic mass is 10.2. The topological polar surface area (TPSA) is 75.5 Å². The van der Waals surface area contributed by atoms with E-state index in [2.05, 4.69) is 9.97 Å². The van der Waals surface area contributed by atoms with Gasteiger partial charge in [0.05, 0.1) is 19.0 Å². The van der Waals surface area contributed by atoms with Crippen LogP contribution in [-0.2, 0) is 11.3 Å². The highest BCUT2D eigenvalue weighted by atomic mass is 16.5. The van der Waals surface area contributed by atoms with E-state index in [1.807, 2.05) is 35.2 Å². The highest BCUT2D eigenvalue weighted by Crippen LogP contribution is 2.13. The molecule has 1 N–H and O–H groups in total. The van der Waals surface area contributed by atoms with Crippen molar-refractivity contribution in [3.05, 3.63) is 54.0 Å². The van der Waals surface area contributed by atoms with Gasteiger partial charge in [-0.2, -0.15) is 0 Å². The second-order valence-corrected chi connectivity index (χ2v) is 4.46. The predicted octanol–water partition coefficient (Wildman–Crippen LogP) is 1.83. The minimum absolute atomic E-state index is 0.0647. The first-order valence-corrected chi connectivity index (χ1v) is 6.54. The lowest BCUT2D eigenvalue weighted by Crippen LogP contribution is -2.27. The Balaban J connectivity index is 2.16. The van der Waals surface area contributed by atoms with Gasteiger partial charge < -0.3 is 14.7 Å². The number of carboxylic acids is 1. The average molecular weight is 287 g/mol. The molecule has 0 fully saturated rings. The molecule has 0 bridgehead atoms. The summed E-state index contributed by atoms with van der Waals surface area (Å²) in [5.74, 6) is -0.457. The van der Waals surface area contributed by atoms with Crippen LogP contribution < -0.4 is 4.90 Å². The fourth-order valence-corrected chi connectivity index (χ4v) is 1.87. The summed E-state index contributed by atoms with van der Waals surface area (Å²) in [7, 11) is 1.64. The molecule has 0 amide bonds. The van der Waals surface area contributed by atoms with Gasteiger partial charge in [-0.05, 0) is 5.56 Å². The van der Waals surface area contributed by atoms with Crippen molar-refractivity contribution >= 4 is 11.8 Å². The first-order chi connectivity index (χ1) is 10.2. The van der Waals surface area contributed by atoms with Crippen molar-refractivity contribution in [3.63, 3.8) is 0 Å². The molecule has 0 aliphatic rings. The molecular weight excluding hydrogens is 270 g/mol. The summed E-state index contributed by atoms with van der Waals surface area (Å²) < 4.78 is 5.11. The molecule has 0 saturated heterocycles. The zero-order valence-electron chi connectivity index (χ0n) is 11.8. The highest BCUT2D eigenvalue weighted by molar-refractivity contribution is 5.84. The van der Waals surface area contributed by atoms with Gasteiger partial charge in [-0.25, -0.2) is 14.8 Å². The fraction of sp³-hybridized carbons (Fsp3) is 0.267. The Hall–Kier alpha value is -2.47. The number of carboxylic acid groups (broad SMARTS) is 1. The van der Waals surface area contributed by atoms with E-state index in [1.54, 1.807) is 7.11 Å². The van der Waals surface area contributed by atoms with Gasteiger partial charge in [0.15, 0.2) is 5.69 Å². The Kier molecular flexibility index (Phi) is 5.22. The van der Waals surface area contributed by atoms with Crippen LogP contribution in [0, 0.1) is 0 Å². The number of nitrogens with zero attached hydrogens (tertiary/aromatic N) is 3. The number of methoxy groups -OCH3 is 1. The van der Waals surface area contributed by atoms with Crippen LogP contribution >= 0.6 is 0 Å². The third kappa shape index (κ3) is 4.25. The second kappa shape index (κ2) is 7.35. The zero-order chi connectivity index (χ0) is 15.1. The van der Waals surface area contributed by atoms with Crippen molar-refractivity contribution in [2.45, 2.75) is 6.54 Å². The largest absolute Gasteiger partial charge is 0.476 e. The SMILES string of the molecule is COCCN(Cc1ccccc1)c1cnc(C(=O)O)cn1. The molecule has 2 rings (SSSR count). The maximum atomic E-state index is 10.8. The van der Waals surface area contributed by atoms with E-state index in [1.165, 1.54) is 12.4 Å². The number of aromatic carboxylic acids is 1. The monoisotopic (exact) mass is 287 g/mol. The quantitative estimate of drug-likeness (QED) is 0.837. The lowest BCUT2D eigenvalue weighted by Gasteiger charge is -2.23. The lowest BCUT2D eigenvalue weighted by molar-refractivity contribution is 0.0690. The third-order valence-corrected chi connectivity index (χ3v) is 2.96. The van der Waals surface area contributed by atoms with Crippen molar-refractivity contribution in [1.82, 2.24) is 9.97 Å². The molecule has 21 heavy (non-hydrogen) atoms. The van der Waals surface area contributed by atoms with Crippen molar-refractivity contribution in [3.8, 4) is 0 Å². The molecule has 0 atom stereocenters. The van der Waals surface area contributed by atoms with Crippen LogP contribution in [0.4, 0.5) is 5.82 Å². The smallest absolute Gasteiger partial charge is 0.356 e. The number of rotatable bonds is 7. The Morgan fingerprint density at radius 1 is 1.24 bits per heavy atom. The summed E-state index contributed by atoms with van der Waals surface area (Å²) in [6.07, 6.45) is 2.74. The predicted molar refractivity (Wildman–Crippen MR) is 78.4 cm³/mol. The van der Waals surface area contributed by atoms with Crippen LogP contribution in [0.25, 0.3) is 0 Å². The number of aromatic nitrogens is 2. The van der Waals surface area contributed by atoms with Crippen LogP contribution in [-0.4, -0.2) is 41.3 Å². The number of carbonyl (C=O) groups is 1. The summed E-state index contributed by atoms with van der Waals surface area (Å²) in [5.41, 5.74) is 1.07. The molecule has 0 unspecified atom stereocenters. The van der Waals surface area contributed by atoms with Gasteiger partial charge in [-0.3, -0.25) is 0 Å². The van der Waals surface area contributed by atoms with E-state index in [-0.39, 0.29) is 5.69 Å². The summed E-state index contributed by atoms with van der Waals surface area (Å²) in [4.78, 5) is 20.9. The Morgan fingerprint density at radius 3 is 2.57 bits per heavy atom. The Morgan fingerprint density at radius 2 is 2.00 bits per heavy atom. The standard InChI is InChI=1S/C15H17N3O3/c1-21-8-7-18(11-12-5-3-2-4-6-12)14-10-16-13(9-17-14)15(19)20/h2-6,9-10H,7-8,11H2,1H3,(H,19,20). The highest BCUT2D eigenvalue weighted by Gasteiger charge is 2.11. The first-order valence-electron chi connectivity index (χ1n) is 6.54. The van der Waals surface area contributed by atoms with Gasteiger partial charge in [0.25, 0.3) is 0 Å². The van der Waals surface area contributed by atoms with Crippen LogP contribution in [0.5, 0.6) is 0 Å². The summed E-state index contributed by atoms with van der Waals surface area (Å²) in [6, 6.07) is 9.97. The average Bonchev–Trinajstić information content (AvgIpc) is 2.52. The van der Waals surface area contributed by atoms with Crippen molar-refractivity contribution in [2.24, 2.45) is 0 Å². The van der Waals surface area contributed by atoms with Crippen molar-refractivity contribution < 1.29 is 14.6 Å². The van der Waals surface area contributed by atoms with Gasteiger partial charge in [0.2, 0.25) is 0 Å². The Labute approximate surface area is 123 Å². The van der Waals surface area contributed by atoms with Gasteiger partial charge in [-0.1, -0.05) is 30.3 Å². The number of ether oxygens (including phenoxy) is 1. The molecule has 1 aromatic heterocycles. The molecule has 6 heteroatoms. The van der Waals surface area contributed by atoms with Crippen LogP contribution in [0.3, 0.4) is 0 Å². The minimum atomic E-state index is -1.08. The van der Waals surface area contributed by atoms with E-state index in [9.17, 15) is 4.79 Å². The van der Waals surface area contributed by atoms with Gasteiger partial charge >= 0.3 is 5.97 Å². The molecule has 1 heterocycles. The van der Waals surface area contributed by atoms with E-state index >= 15 is 0 Å². The summed E-state index contributed by atoms with van der Waals surface area (Å²) in [5, 5.41) is 8.85. The maximum Gasteiger partial charge on any atom is 0.356 e. The van der Waals surface area contributed by atoms with Crippen molar-refractivity contribution in [1.29, 1.82) is 0 Å². The van der Waals surface area contributed by atoms with Crippen LogP contribution in [0.15, 0.2) is 42.7 Å². The molecule has 110 valence electrons. The number of benzene rings is 1. The first kappa shape index (κ1) is 14.9. The molecule has 0 spiro atoms. The molecule has 0 aliphatic heterocycles. The minimum Gasteiger partial charge on any atom is -0.476 e. The van der Waals surface area contributed by atoms with E-state index in [0.717, 1.165) is 5.56 Å². The third-order valence-electron chi connectivity index (χ3n) is 2.96. The van der Waals surface area contributed by atoms with Crippen molar-refractivity contribution in [2.75, 3.05) is 25.2 Å². The Bertz CT molecular complexity index is 572. The van der Waals surface area contributed by atoms with Gasteiger partial charge in [0, 0.05) is 20.2 Å². The van der Waals surface area contributed by atoms with Crippen LogP contribution in [0.2, 0.25) is 0 Å². The molecule has 0 saturated carbocycles. The van der Waals surface area contributed by atoms with Gasteiger partial charge in [0.1, 0.15) is 5.82 Å². The van der Waals surface area contributed by atoms with Gasteiger partial charge in [-0.15, -0.1) is 0 Å². The van der Waals surface area contributed by atoms with E-state index in [4.69, 9.17) is 9.84 Å². The number of hydrogen-bond donors (Lipinski definition) is 1. The normalized spacial score (nSPS) is 10.3. The molecular formula is C15H17N3O3. The fourth-order valence-electron chi connectivity index (χ4n) is 1.87. The van der Waals surface area contributed by atoms with E-state index < -0.39 is 5.97 Å². The number of anilines is 1. The van der Waals surface area contributed by atoms with Crippen LogP contribution in [0.1, 0.15) is 16.1 Å². The van der Waals surface area contributed by atoms with E-state index in [0.29, 0.717) is 25.5 Å². The molecule has 2 aromatic rings. The molecule has 0 radical (unpaired) electrons. The maximum absolute atomic E-state index is 10.8. The number of hydrogen-bond acceptors (Lipinski definition) is 5.